The maximum Gasteiger partial charge on any atom is 0.418 e. The van der Waals surface area contributed by atoms with Crippen molar-refractivity contribution in [3.63, 3.8) is 0 Å². The molecule has 2 aromatic rings. The number of nitrogens with one attached hydrogen (secondary N) is 1. The van der Waals surface area contributed by atoms with Crippen LogP contribution in [0.1, 0.15) is 58.2 Å². The minimum atomic E-state index is -4.48. The molecule has 0 saturated heterocycles. The van der Waals surface area contributed by atoms with Crippen molar-refractivity contribution in [3.8, 4) is 5.75 Å². The molecule has 0 amide bonds. The Morgan fingerprint density at radius 3 is 1.85 bits per heavy atom. The second kappa shape index (κ2) is 6.53. The van der Waals surface area contributed by atoms with Gasteiger partial charge < -0.3 is 10.4 Å². The van der Waals surface area contributed by atoms with Crippen LogP contribution in [0.4, 0.5) is 24.5 Å². The summed E-state index contributed by atoms with van der Waals surface area (Å²) in [6.45, 7) is 12.0. The molecule has 142 valence electrons. The topological polar surface area (TPSA) is 32.3 Å². The Morgan fingerprint density at radius 1 is 0.769 bits per heavy atom. The quantitative estimate of drug-likeness (QED) is 0.577. The first-order valence-electron chi connectivity index (χ1n) is 8.52. The second-order valence-corrected chi connectivity index (χ2v) is 8.59. The largest absolute Gasteiger partial charge is 0.505 e. The highest BCUT2D eigenvalue weighted by atomic mass is 19.4. The molecular formula is C21H26F3NO. The van der Waals surface area contributed by atoms with E-state index in [-0.39, 0.29) is 28.0 Å². The van der Waals surface area contributed by atoms with Crippen LogP contribution in [0, 0.1) is 0 Å². The minimum absolute atomic E-state index is 0.0255. The Morgan fingerprint density at radius 2 is 1.35 bits per heavy atom. The van der Waals surface area contributed by atoms with Gasteiger partial charge in [0.2, 0.25) is 0 Å². The van der Waals surface area contributed by atoms with Crippen molar-refractivity contribution >= 4 is 11.4 Å². The number of halogens is 3. The predicted molar refractivity (Wildman–Crippen MR) is 100 cm³/mol. The average Bonchev–Trinajstić information content (AvgIpc) is 2.46. The molecule has 5 heteroatoms. The minimum Gasteiger partial charge on any atom is -0.505 e. The molecular weight excluding hydrogens is 339 g/mol. The summed E-state index contributed by atoms with van der Waals surface area (Å²) in [5.74, 6) is -0.0255. The Labute approximate surface area is 153 Å². The summed E-state index contributed by atoms with van der Waals surface area (Å²) < 4.78 is 39.9. The van der Waals surface area contributed by atoms with E-state index < -0.39 is 11.7 Å². The molecule has 0 heterocycles. The van der Waals surface area contributed by atoms with E-state index in [0.717, 1.165) is 11.6 Å². The molecule has 0 unspecified atom stereocenters. The zero-order chi connectivity index (χ0) is 19.9. The summed E-state index contributed by atoms with van der Waals surface area (Å²) in [5, 5.41) is 13.5. The van der Waals surface area contributed by atoms with Crippen molar-refractivity contribution in [3.05, 3.63) is 53.1 Å². The van der Waals surface area contributed by atoms with Crippen molar-refractivity contribution < 1.29 is 18.3 Å². The Kier molecular flexibility index (Phi) is 5.06. The lowest BCUT2D eigenvalue weighted by atomic mass is 9.79. The van der Waals surface area contributed by atoms with E-state index in [2.05, 4.69) is 5.32 Å². The number of anilines is 2. The molecule has 2 rings (SSSR count). The number of benzene rings is 2. The SMILES string of the molecule is CC(C)(C)c1cc(Nc2ccccc2C(F)(F)F)c(O)c(C(C)(C)C)c1. The van der Waals surface area contributed by atoms with Crippen molar-refractivity contribution in [2.75, 3.05) is 5.32 Å². The van der Waals surface area contributed by atoms with Gasteiger partial charge in [0, 0.05) is 5.56 Å². The van der Waals surface area contributed by atoms with Crippen LogP contribution >= 0.6 is 0 Å². The van der Waals surface area contributed by atoms with Gasteiger partial charge >= 0.3 is 6.18 Å². The lowest BCUT2D eigenvalue weighted by Gasteiger charge is -2.28. The van der Waals surface area contributed by atoms with Crippen molar-refractivity contribution in [2.24, 2.45) is 0 Å². The van der Waals surface area contributed by atoms with Crippen molar-refractivity contribution in [1.82, 2.24) is 0 Å². The van der Waals surface area contributed by atoms with Crippen LogP contribution in [0.15, 0.2) is 36.4 Å². The normalized spacial score (nSPS) is 13.0. The molecule has 26 heavy (non-hydrogen) atoms. The van der Waals surface area contributed by atoms with Gasteiger partial charge in [-0.3, -0.25) is 0 Å². The molecule has 0 aliphatic heterocycles. The van der Waals surface area contributed by atoms with Gasteiger partial charge in [-0.25, -0.2) is 0 Å². The lowest BCUT2D eigenvalue weighted by molar-refractivity contribution is -0.136. The molecule has 0 bridgehead atoms. The summed E-state index contributed by atoms with van der Waals surface area (Å²) in [6.07, 6.45) is -4.48. The van der Waals surface area contributed by atoms with Crippen LogP contribution < -0.4 is 5.32 Å². The van der Waals surface area contributed by atoms with Crippen molar-refractivity contribution in [1.29, 1.82) is 0 Å². The van der Waals surface area contributed by atoms with Crippen LogP contribution in [-0.4, -0.2) is 5.11 Å². The van der Waals surface area contributed by atoms with Gasteiger partial charge in [-0.05, 0) is 34.6 Å². The number of hydrogen-bond donors (Lipinski definition) is 2. The molecule has 2 nitrogen and oxygen atoms in total. The zero-order valence-corrected chi connectivity index (χ0v) is 16.0. The molecule has 2 aromatic carbocycles. The van der Waals surface area contributed by atoms with E-state index in [4.69, 9.17) is 0 Å². The van der Waals surface area contributed by atoms with Crippen LogP contribution in [0.25, 0.3) is 0 Å². The van der Waals surface area contributed by atoms with E-state index in [1.54, 1.807) is 6.07 Å². The van der Waals surface area contributed by atoms with Gasteiger partial charge in [-0.15, -0.1) is 0 Å². The number of hydrogen-bond acceptors (Lipinski definition) is 2. The molecule has 0 aliphatic rings. The first-order chi connectivity index (χ1) is 11.7. The molecule has 2 N–H and O–H groups in total. The fourth-order valence-electron chi connectivity index (χ4n) is 2.72. The van der Waals surface area contributed by atoms with Crippen LogP contribution in [-0.2, 0) is 17.0 Å². The first kappa shape index (κ1) is 20.1. The number of aromatic hydroxyl groups is 1. The van der Waals surface area contributed by atoms with Crippen LogP contribution in [0.3, 0.4) is 0 Å². The highest BCUT2D eigenvalue weighted by molar-refractivity contribution is 5.72. The fourth-order valence-corrected chi connectivity index (χ4v) is 2.72. The maximum absolute atomic E-state index is 13.3. The molecule has 0 radical (unpaired) electrons. The average molecular weight is 365 g/mol. The number of para-hydroxylation sites is 1. The monoisotopic (exact) mass is 365 g/mol. The first-order valence-corrected chi connectivity index (χ1v) is 8.52. The molecule has 0 saturated carbocycles. The van der Waals surface area contributed by atoms with Crippen LogP contribution in [0.5, 0.6) is 5.75 Å². The van der Waals surface area contributed by atoms with Gasteiger partial charge in [0.25, 0.3) is 0 Å². The summed E-state index contributed by atoms with van der Waals surface area (Å²) in [6, 6.07) is 8.92. The Bertz CT molecular complexity index is 796. The standard InChI is InChI=1S/C21H26F3NO/c1-19(2,3)13-11-15(20(4,5)6)18(26)17(12-13)25-16-10-8-7-9-14(16)21(22,23)24/h7-12,25-26H,1-6H3. The highest BCUT2D eigenvalue weighted by Crippen LogP contribution is 2.43. The second-order valence-electron chi connectivity index (χ2n) is 8.59. The number of phenolic OH excluding ortho intramolecular Hbond substituents is 1. The summed E-state index contributed by atoms with van der Waals surface area (Å²) in [4.78, 5) is 0. The molecule has 0 aromatic heterocycles. The van der Waals surface area contributed by atoms with Gasteiger partial charge in [0.15, 0.2) is 0 Å². The smallest absolute Gasteiger partial charge is 0.418 e. The molecule has 0 aliphatic carbocycles. The van der Waals surface area contributed by atoms with E-state index in [1.165, 1.54) is 18.2 Å². The summed E-state index contributed by atoms with van der Waals surface area (Å²) in [7, 11) is 0. The summed E-state index contributed by atoms with van der Waals surface area (Å²) >= 11 is 0. The van der Waals surface area contributed by atoms with Gasteiger partial charge in [0.05, 0.1) is 16.9 Å². The number of phenols is 1. The lowest BCUT2D eigenvalue weighted by Crippen LogP contribution is -2.17. The fraction of sp³-hybridized carbons (Fsp3) is 0.429. The third-order valence-corrected chi connectivity index (χ3v) is 4.29. The van der Waals surface area contributed by atoms with Gasteiger partial charge in [-0.2, -0.15) is 13.2 Å². The zero-order valence-electron chi connectivity index (χ0n) is 16.0. The molecule has 0 fully saturated rings. The molecule has 0 atom stereocenters. The van der Waals surface area contributed by atoms with E-state index >= 15 is 0 Å². The predicted octanol–water partition coefficient (Wildman–Crippen LogP) is 6.75. The van der Waals surface area contributed by atoms with E-state index in [9.17, 15) is 18.3 Å². The third-order valence-electron chi connectivity index (χ3n) is 4.29. The maximum atomic E-state index is 13.3. The Balaban J connectivity index is 2.64. The number of rotatable bonds is 2. The Hall–Kier alpha value is -2.17. The number of alkyl halides is 3. The van der Waals surface area contributed by atoms with Gasteiger partial charge in [-0.1, -0.05) is 59.7 Å². The van der Waals surface area contributed by atoms with E-state index in [0.29, 0.717) is 5.56 Å². The van der Waals surface area contributed by atoms with E-state index in [1.807, 2.05) is 47.6 Å². The van der Waals surface area contributed by atoms with Gasteiger partial charge in [0.1, 0.15) is 5.75 Å². The highest BCUT2D eigenvalue weighted by Gasteiger charge is 2.33. The van der Waals surface area contributed by atoms with Crippen molar-refractivity contribution in [2.45, 2.75) is 58.5 Å². The summed E-state index contributed by atoms with van der Waals surface area (Å²) in [5.41, 5.74) is 0.487. The third kappa shape index (κ3) is 4.32. The van der Waals surface area contributed by atoms with Crippen LogP contribution in [0.2, 0.25) is 0 Å². The molecule has 0 spiro atoms.